The van der Waals surface area contributed by atoms with Gasteiger partial charge in [-0.05, 0) is 43.2 Å². The number of thiophene rings is 1. The Balaban J connectivity index is 2.05. The lowest BCUT2D eigenvalue weighted by Gasteiger charge is -2.23. The van der Waals surface area contributed by atoms with Crippen molar-refractivity contribution < 1.29 is 9.53 Å². The monoisotopic (exact) mass is 274 g/mol. The number of fused-ring (bicyclic) bond motifs is 1. The van der Waals surface area contributed by atoms with E-state index < -0.39 is 6.10 Å². The smallest absolute Gasteiger partial charge is 0.265 e. The molecular formula is C14H14N2O2S. The Morgan fingerprint density at radius 3 is 2.84 bits per heavy atom. The largest absolute Gasteiger partial charge is 0.479 e. The van der Waals surface area contributed by atoms with Crippen LogP contribution in [0.3, 0.4) is 0 Å². The van der Waals surface area contributed by atoms with Crippen molar-refractivity contribution in [3.63, 3.8) is 0 Å². The van der Waals surface area contributed by atoms with Crippen molar-refractivity contribution in [1.29, 1.82) is 0 Å². The zero-order chi connectivity index (χ0) is 13.6. The van der Waals surface area contributed by atoms with Gasteiger partial charge in [0.2, 0.25) is 0 Å². The zero-order valence-electron chi connectivity index (χ0n) is 10.7. The van der Waals surface area contributed by atoms with Gasteiger partial charge < -0.3 is 15.8 Å². The molecule has 1 aromatic heterocycles. The lowest BCUT2D eigenvalue weighted by molar-refractivity contribution is -0.122. The van der Waals surface area contributed by atoms with E-state index in [4.69, 9.17) is 10.5 Å². The highest BCUT2D eigenvalue weighted by atomic mass is 32.1. The quantitative estimate of drug-likeness (QED) is 0.840. The number of rotatable bonds is 1. The van der Waals surface area contributed by atoms with Crippen molar-refractivity contribution in [3.05, 3.63) is 29.1 Å². The molecule has 0 saturated carbocycles. The van der Waals surface area contributed by atoms with Gasteiger partial charge >= 0.3 is 0 Å². The second-order valence-corrected chi connectivity index (χ2v) is 5.87. The van der Waals surface area contributed by atoms with Crippen molar-refractivity contribution >= 4 is 27.9 Å². The highest BCUT2D eigenvalue weighted by Gasteiger charge is 2.23. The summed E-state index contributed by atoms with van der Waals surface area (Å²) in [6.45, 7) is 3.77. The topological polar surface area (TPSA) is 64.3 Å². The SMILES string of the molecule is Cc1sc(N)cc1-c1ccc2c(c1)NC(=O)C(C)O2. The molecule has 0 spiro atoms. The van der Waals surface area contributed by atoms with Crippen molar-refractivity contribution in [2.45, 2.75) is 20.0 Å². The average molecular weight is 274 g/mol. The Labute approximate surface area is 115 Å². The zero-order valence-corrected chi connectivity index (χ0v) is 11.5. The number of carbonyl (C=O) groups is 1. The maximum atomic E-state index is 11.6. The fraction of sp³-hybridized carbons (Fsp3) is 0.214. The number of benzene rings is 1. The average Bonchev–Trinajstić information content (AvgIpc) is 2.69. The van der Waals surface area contributed by atoms with Crippen LogP contribution in [-0.4, -0.2) is 12.0 Å². The molecule has 5 heteroatoms. The maximum Gasteiger partial charge on any atom is 0.265 e. The Bertz CT molecular complexity index is 663. The molecule has 1 amide bonds. The van der Waals surface area contributed by atoms with Gasteiger partial charge in [-0.3, -0.25) is 4.79 Å². The van der Waals surface area contributed by atoms with E-state index in [1.807, 2.05) is 31.2 Å². The Hall–Kier alpha value is -2.01. The van der Waals surface area contributed by atoms with Gasteiger partial charge in [0.1, 0.15) is 5.75 Å². The van der Waals surface area contributed by atoms with Crippen LogP contribution in [0, 0.1) is 6.92 Å². The number of amides is 1. The lowest BCUT2D eigenvalue weighted by Crippen LogP contribution is -2.34. The molecule has 2 aromatic rings. The minimum atomic E-state index is -0.447. The Morgan fingerprint density at radius 1 is 1.37 bits per heavy atom. The summed E-state index contributed by atoms with van der Waals surface area (Å²) in [5.74, 6) is 0.586. The van der Waals surface area contributed by atoms with Crippen LogP contribution in [0.5, 0.6) is 5.75 Å². The van der Waals surface area contributed by atoms with E-state index in [1.54, 1.807) is 18.3 Å². The molecule has 0 saturated heterocycles. The minimum Gasteiger partial charge on any atom is -0.479 e. The molecule has 1 aromatic carbocycles. The second-order valence-electron chi connectivity index (χ2n) is 4.58. The first-order valence-corrected chi connectivity index (χ1v) is 6.84. The number of carbonyl (C=O) groups excluding carboxylic acids is 1. The number of aryl methyl sites for hydroxylation is 1. The van der Waals surface area contributed by atoms with Gasteiger partial charge in [-0.15, -0.1) is 11.3 Å². The number of hydrogen-bond acceptors (Lipinski definition) is 4. The van der Waals surface area contributed by atoms with Crippen LogP contribution in [0.1, 0.15) is 11.8 Å². The molecule has 3 N–H and O–H groups in total. The van der Waals surface area contributed by atoms with E-state index in [9.17, 15) is 4.79 Å². The summed E-state index contributed by atoms with van der Waals surface area (Å²) in [5.41, 5.74) is 8.66. The molecule has 1 aliphatic rings. The molecule has 2 heterocycles. The first kappa shape index (κ1) is 12.0. The van der Waals surface area contributed by atoms with Gasteiger partial charge in [-0.1, -0.05) is 6.07 Å². The molecule has 19 heavy (non-hydrogen) atoms. The van der Waals surface area contributed by atoms with E-state index in [0.29, 0.717) is 11.4 Å². The Kier molecular flexibility index (Phi) is 2.71. The molecule has 0 aliphatic carbocycles. The molecule has 1 atom stereocenters. The Morgan fingerprint density at radius 2 is 2.16 bits per heavy atom. The van der Waals surface area contributed by atoms with Crippen LogP contribution in [-0.2, 0) is 4.79 Å². The molecule has 0 bridgehead atoms. The maximum absolute atomic E-state index is 11.6. The van der Waals surface area contributed by atoms with Crippen LogP contribution in [0.4, 0.5) is 10.7 Å². The molecule has 98 valence electrons. The van der Waals surface area contributed by atoms with E-state index >= 15 is 0 Å². The summed E-state index contributed by atoms with van der Waals surface area (Å²) < 4.78 is 5.54. The number of ether oxygens (including phenoxy) is 1. The number of nitrogens with two attached hydrogens (primary N) is 1. The van der Waals surface area contributed by atoms with E-state index in [1.165, 1.54) is 0 Å². The van der Waals surface area contributed by atoms with Gasteiger partial charge in [0, 0.05) is 4.88 Å². The summed E-state index contributed by atoms with van der Waals surface area (Å²) in [6, 6.07) is 7.74. The summed E-state index contributed by atoms with van der Waals surface area (Å²) in [7, 11) is 0. The van der Waals surface area contributed by atoms with Gasteiger partial charge in [-0.25, -0.2) is 0 Å². The molecular weight excluding hydrogens is 260 g/mol. The van der Waals surface area contributed by atoms with E-state index in [0.717, 1.165) is 21.0 Å². The number of hydrogen-bond donors (Lipinski definition) is 2. The highest BCUT2D eigenvalue weighted by Crippen LogP contribution is 2.37. The summed E-state index contributed by atoms with van der Waals surface area (Å²) in [4.78, 5) is 12.8. The van der Waals surface area contributed by atoms with E-state index in [-0.39, 0.29) is 5.91 Å². The molecule has 3 rings (SSSR count). The number of nitrogens with one attached hydrogen (secondary N) is 1. The summed E-state index contributed by atoms with van der Waals surface area (Å²) in [6.07, 6.45) is -0.447. The standard InChI is InChI=1S/C14H14N2O2S/c1-7-14(17)16-11-5-9(3-4-12(11)18-7)10-6-13(15)19-8(10)2/h3-7H,15H2,1-2H3,(H,16,17). The van der Waals surface area contributed by atoms with Crippen LogP contribution < -0.4 is 15.8 Å². The van der Waals surface area contributed by atoms with Crippen LogP contribution in [0.2, 0.25) is 0 Å². The van der Waals surface area contributed by atoms with Gasteiger partial charge in [0.05, 0.1) is 10.7 Å². The van der Waals surface area contributed by atoms with Gasteiger partial charge in [0.15, 0.2) is 6.10 Å². The van der Waals surface area contributed by atoms with Gasteiger partial charge in [-0.2, -0.15) is 0 Å². The number of nitrogen functional groups attached to an aromatic ring is 1. The summed E-state index contributed by atoms with van der Waals surface area (Å²) in [5, 5.41) is 3.65. The predicted octanol–water partition coefficient (Wildman–Crippen LogP) is 3.03. The van der Waals surface area contributed by atoms with Crippen molar-refractivity contribution in [2.24, 2.45) is 0 Å². The summed E-state index contributed by atoms with van der Waals surface area (Å²) >= 11 is 1.56. The predicted molar refractivity (Wildman–Crippen MR) is 77.6 cm³/mol. The third-order valence-corrected chi connectivity index (χ3v) is 4.04. The van der Waals surface area contributed by atoms with Crippen molar-refractivity contribution in [3.8, 4) is 16.9 Å². The highest BCUT2D eigenvalue weighted by molar-refractivity contribution is 7.16. The minimum absolute atomic E-state index is 0.119. The lowest BCUT2D eigenvalue weighted by atomic mass is 10.0. The van der Waals surface area contributed by atoms with Crippen LogP contribution >= 0.6 is 11.3 Å². The number of anilines is 2. The molecule has 1 unspecified atom stereocenters. The van der Waals surface area contributed by atoms with Crippen molar-refractivity contribution in [1.82, 2.24) is 0 Å². The van der Waals surface area contributed by atoms with Gasteiger partial charge in [0.25, 0.3) is 5.91 Å². The molecule has 4 nitrogen and oxygen atoms in total. The first-order valence-electron chi connectivity index (χ1n) is 6.02. The molecule has 0 fully saturated rings. The van der Waals surface area contributed by atoms with Crippen LogP contribution in [0.25, 0.3) is 11.1 Å². The normalized spacial score (nSPS) is 17.6. The van der Waals surface area contributed by atoms with Crippen LogP contribution in [0.15, 0.2) is 24.3 Å². The molecule has 0 radical (unpaired) electrons. The van der Waals surface area contributed by atoms with E-state index in [2.05, 4.69) is 5.32 Å². The fourth-order valence-corrected chi connectivity index (χ4v) is 2.99. The van der Waals surface area contributed by atoms with Crippen molar-refractivity contribution in [2.75, 3.05) is 11.1 Å². The second kappa shape index (κ2) is 4.28. The third-order valence-electron chi connectivity index (χ3n) is 3.16. The fourth-order valence-electron chi connectivity index (χ4n) is 2.17. The first-order chi connectivity index (χ1) is 9.04. The molecule has 1 aliphatic heterocycles. The third kappa shape index (κ3) is 2.06.